The van der Waals surface area contributed by atoms with Crippen molar-refractivity contribution in [1.29, 1.82) is 0 Å². The Kier molecular flexibility index (Phi) is 3.74. The third-order valence-electron chi connectivity index (χ3n) is 3.04. The first-order chi connectivity index (χ1) is 8.16. The molecule has 0 saturated carbocycles. The highest BCUT2D eigenvalue weighted by atomic mass is 19.1. The number of hydrogen-bond donors (Lipinski definition) is 2. The predicted octanol–water partition coefficient (Wildman–Crippen LogP) is 1.62. The van der Waals surface area contributed by atoms with Crippen LogP contribution in [0.25, 0.3) is 0 Å². The molecule has 1 aromatic carbocycles. The van der Waals surface area contributed by atoms with Gasteiger partial charge in [-0.25, -0.2) is 4.39 Å². The van der Waals surface area contributed by atoms with Gasteiger partial charge in [0.2, 0.25) is 0 Å². The molecule has 0 aromatic heterocycles. The molecule has 1 fully saturated rings. The summed E-state index contributed by atoms with van der Waals surface area (Å²) in [5.74, 6) is -0.764. The number of rotatable bonds is 2. The van der Waals surface area contributed by atoms with Crippen molar-refractivity contribution >= 4 is 5.91 Å². The second kappa shape index (κ2) is 5.27. The molecule has 4 heteroatoms. The lowest BCUT2D eigenvalue weighted by molar-refractivity contribution is 0.0925. The van der Waals surface area contributed by atoms with E-state index in [1.807, 2.05) is 6.92 Å². The van der Waals surface area contributed by atoms with Gasteiger partial charge >= 0.3 is 0 Å². The van der Waals surface area contributed by atoms with Gasteiger partial charge < -0.3 is 10.6 Å². The van der Waals surface area contributed by atoms with E-state index in [-0.39, 0.29) is 17.5 Å². The summed E-state index contributed by atoms with van der Waals surface area (Å²) >= 11 is 0. The largest absolute Gasteiger partial charge is 0.349 e. The van der Waals surface area contributed by atoms with Gasteiger partial charge in [0.15, 0.2) is 0 Å². The summed E-state index contributed by atoms with van der Waals surface area (Å²) in [7, 11) is 0. The third kappa shape index (κ3) is 3.03. The molecule has 0 unspecified atom stereocenters. The van der Waals surface area contributed by atoms with Gasteiger partial charge in [0.25, 0.3) is 5.91 Å². The van der Waals surface area contributed by atoms with E-state index in [1.54, 1.807) is 12.1 Å². The normalized spacial score (nSPS) is 16.8. The number of benzene rings is 1. The molecule has 3 nitrogen and oxygen atoms in total. The highest BCUT2D eigenvalue weighted by Gasteiger charge is 2.18. The summed E-state index contributed by atoms with van der Waals surface area (Å²) in [5, 5.41) is 6.11. The first-order valence-corrected chi connectivity index (χ1v) is 5.94. The van der Waals surface area contributed by atoms with E-state index in [0.717, 1.165) is 31.5 Å². The molecule has 17 heavy (non-hydrogen) atoms. The standard InChI is InChI=1S/C13H17FN2O/c1-9-2-3-12(14)11(8-9)13(17)16-10-4-6-15-7-5-10/h2-3,8,10,15H,4-7H2,1H3,(H,16,17). The number of aryl methyl sites for hydroxylation is 1. The van der Waals surface area contributed by atoms with E-state index < -0.39 is 5.82 Å². The Morgan fingerprint density at radius 1 is 1.41 bits per heavy atom. The number of hydrogen-bond acceptors (Lipinski definition) is 2. The fourth-order valence-corrected chi connectivity index (χ4v) is 2.04. The van der Waals surface area contributed by atoms with Crippen LogP contribution in [-0.2, 0) is 0 Å². The van der Waals surface area contributed by atoms with E-state index in [4.69, 9.17) is 0 Å². The smallest absolute Gasteiger partial charge is 0.254 e. The van der Waals surface area contributed by atoms with Crippen molar-refractivity contribution < 1.29 is 9.18 Å². The SMILES string of the molecule is Cc1ccc(F)c(C(=O)NC2CCNCC2)c1. The minimum atomic E-state index is -0.456. The van der Waals surface area contributed by atoms with E-state index in [0.29, 0.717) is 0 Å². The van der Waals surface area contributed by atoms with Crippen LogP contribution in [0.2, 0.25) is 0 Å². The predicted molar refractivity (Wildman–Crippen MR) is 64.5 cm³/mol. The van der Waals surface area contributed by atoms with Crippen LogP contribution in [0.5, 0.6) is 0 Å². The molecule has 1 aliphatic rings. The zero-order valence-corrected chi connectivity index (χ0v) is 9.92. The molecule has 0 atom stereocenters. The first kappa shape index (κ1) is 12.0. The fourth-order valence-electron chi connectivity index (χ4n) is 2.04. The van der Waals surface area contributed by atoms with Crippen LogP contribution < -0.4 is 10.6 Å². The molecular weight excluding hydrogens is 219 g/mol. The Morgan fingerprint density at radius 2 is 2.12 bits per heavy atom. The average molecular weight is 236 g/mol. The quantitative estimate of drug-likeness (QED) is 0.819. The van der Waals surface area contributed by atoms with Crippen molar-refractivity contribution in [1.82, 2.24) is 10.6 Å². The van der Waals surface area contributed by atoms with Gasteiger partial charge in [-0.1, -0.05) is 11.6 Å². The molecule has 1 saturated heterocycles. The lowest BCUT2D eigenvalue weighted by atomic mass is 10.1. The van der Waals surface area contributed by atoms with E-state index >= 15 is 0 Å². The maximum absolute atomic E-state index is 13.5. The minimum absolute atomic E-state index is 0.142. The van der Waals surface area contributed by atoms with Crippen LogP contribution in [0, 0.1) is 12.7 Å². The summed E-state index contributed by atoms with van der Waals surface area (Å²) in [6.07, 6.45) is 1.80. The molecule has 2 rings (SSSR count). The molecule has 0 bridgehead atoms. The van der Waals surface area contributed by atoms with Crippen LogP contribution in [-0.4, -0.2) is 25.0 Å². The summed E-state index contributed by atoms with van der Waals surface area (Å²) < 4.78 is 13.5. The van der Waals surface area contributed by atoms with Gasteiger partial charge in [-0.3, -0.25) is 4.79 Å². The Bertz CT molecular complexity index is 414. The molecule has 0 spiro atoms. The van der Waals surface area contributed by atoms with Crippen LogP contribution >= 0.6 is 0 Å². The van der Waals surface area contributed by atoms with Gasteiger partial charge in [0.1, 0.15) is 5.82 Å². The lowest BCUT2D eigenvalue weighted by Crippen LogP contribution is -2.42. The van der Waals surface area contributed by atoms with Gasteiger partial charge in [-0.2, -0.15) is 0 Å². The molecular formula is C13H17FN2O. The van der Waals surface area contributed by atoms with Crippen LogP contribution in [0.15, 0.2) is 18.2 Å². The number of nitrogens with one attached hydrogen (secondary N) is 2. The van der Waals surface area contributed by atoms with Gasteiger partial charge in [0.05, 0.1) is 5.56 Å². The van der Waals surface area contributed by atoms with Crippen molar-refractivity contribution in [2.75, 3.05) is 13.1 Å². The molecule has 92 valence electrons. The van der Waals surface area contributed by atoms with Gasteiger partial charge in [-0.15, -0.1) is 0 Å². The molecule has 2 N–H and O–H groups in total. The van der Waals surface area contributed by atoms with E-state index in [9.17, 15) is 9.18 Å². The second-order valence-corrected chi connectivity index (χ2v) is 4.48. The Labute approximate surface area is 100 Å². The Balaban J connectivity index is 2.05. The number of carbonyl (C=O) groups excluding carboxylic acids is 1. The van der Waals surface area contributed by atoms with Crippen LogP contribution in [0.4, 0.5) is 4.39 Å². The molecule has 1 amide bonds. The van der Waals surface area contributed by atoms with E-state index in [2.05, 4.69) is 10.6 Å². The Morgan fingerprint density at radius 3 is 2.82 bits per heavy atom. The molecule has 0 radical (unpaired) electrons. The highest BCUT2D eigenvalue weighted by molar-refractivity contribution is 5.94. The third-order valence-corrected chi connectivity index (χ3v) is 3.04. The number of carbonyl (C=O) groups is 1. The van der Waals surface area contributed by atoms with Crippen molar-refractivity contribution in [2.24, 2.45) is 0 Å². The summed E-state index contributed by atoms with van der Waals surface area (Å²) in [6, 6.07) is 4.75. The second-order valence-electron chi connectivity index (χ2n) is 4.48. The topological polar surface area (TPSA) is 41.1 Å². The van der Waals surface area contributed by atoms with Crippen molar-refractivity contribution in [3.05, 3.63) is 35.1 Å². The monoisotopic (exact) mass is 236 g/mol. The van der Waals surface area contributed by atoms with Crippen LogP contribution in [0.1, 0.15) is 28.8 Å². The molecule has 1 aliphatic heterocycles. The number of amides is 1. The lowest BCUT2D eigenvalue weighted by Gasteiger charge is -2.23. The van der Waals surface area contributed by atoms with E-state index in [1.165, 1.54) is 6.07 Å². The van der Waals surface area contributed by atoms with Crippen molar-refractivity contribution in [2.45, 2.75) is 25.8 Å². The zero-order chi connectivity index (χ0) is 12.3. The first-order valence-electron chi connectivity index (χ1n) is 5.94. The van der Waals surface area contributed by atoms with Crippen LogP contribution in [0.3, 0.4) is 0 Å². The average Bonchev–Trinajstić information content (AvgIpc) is 2.33. The molecule has 1 heterocycles. The minimum Gasteiger partial charge on any atom is -0.349 e. The summed E-state index contributed by atoms with van der Waals surface area (Å²) in [5.41, 5.74) is 1.03. The maximum atomic E-state index is 13.5. The number of piperidine rings is 1. The summed E-state index contributed by atoms with van der Waals surface area (Å²) in [6.45, 7) is 3.66. The fraction of sp³-hybridized carbons (Fsp3) is 0.462. The van der Waals surface area contributed by atoms with Crippen molar-refractivity contribution in [3.8, 4) is 0 Å². The maximum Gasteiger partial charge on any atom is 0.254 e. The van der Waals surface area contributed by atoms with Gasteiger partial charge in [-0.05, 0) is 45.0 Å². The molecule has 1 aromatic rings. The summed E-state index contributed by atoms with van der Waals surface area (Å²) in [4.78, 5) is 11.9. The molecule has 0 aliphatic carbocycles. The van der Waals surface area contributed by atoms with Gasteiger partial charge in [0, 0.05) is 6.04 Å². The van der Waals surface area contributed by atoms with Crippen molar-refractivity contribution in [3.63, 3.8) is 0 Å². The zero-order valence-electron chi connectivity index (χ0n) is 9.92. The highest BCUT2D eigenvalue weighted by Crippen LogP contribution is 2.11. The number of halogens is 1. The Hall–Kier alpha value is -1.42.